The van der Waals surface area contributed by atoms with Crippen LogP contribution in [0.25, 0.3) is 0 Å². The van der Waals surface area contributed by atoms with Gasteiger partial charge in [-0.25, -0.2) is 0 Å². The summed E-state index contributed by atoms with van der Waals surface area (Å²) >= 11 is 2.03. The van der Waals surface area contributed by atoms with E-state index < -0.39 is 0 Å². The van der Waals surface area contributed by atoms with Crippen molar-refractivity contribution in [2.45, 2.75) is 63.3 Å². The van der Waals surface area contributed by atoms with Gasteiger partial charge in [-0.15, -0.1) is 0 Å². The minimum absolute atomic E-state index is 0.00549. The van der Waals surface area contributed by atoms with E-state index in [0.717, 1.165) is 35.4 Å². The summed E-state index contributed by atoms with van der Waals surface area (Å²) in [5.41, 5.74) is 7.46. The van der Waals surface area contributed by atoms with E-state index in [1.807, 2.05) is 16.4 Å². The zero-order chi connectivity index (χ0) is 14.4. The number of rotatable bonds is 7. The lowest BCUT2D eigenvalue weighted by Gasteiger charge is -2.23. The van der Waals surface area contributed by atoms with Gasteiger partial charge in [0.05, 0.1) is 25.0 Å². The molecule has 1 saturated carbocycles. The summed E-state index contributed by atoms with van der Waals surface area (Å²) in [6.07, 6.45) is 9.70. The van der Waals surface area contributed by atoms with Gasteiger partial charge in [-0.1, -0.05) is 26.2 Å². The number of nitrogens with two attached hydrogens (primary N) is 1. The Morgan fingerprint density at radius 2 is 2.20 bits per heavy atom. The van der Waals surface area contributed by atoms with Crippen LogP contribution in [-0.2, 0) is 6.54 Å². The molecular formula is C15H27N3OS. The molecule has 0 radical (unpaired) electrons. The molecule has 1 aromatic heterocycles. The van der Waals surface area contributed by atoms with Gasteiger partial charge in [0.1, 0.15) is 0 Å². The lowest BCUT2D eigenvalue weighted by molar-refractivity contribution is 0.402. The van der Waals surface area contributed by atoms with Crippen molar-refractivity contribution in [2.75, 3.05) is 12.9 Å². The van der Waals surface area contributed by atoms with Gasteiger partial charge < -0.3 is 10.5 Å². The van der Waals surface area contributed by atoms with E-state index in [1.165, 1.54) is 32.1 Å². The molecule has 1 fully saturated rings. The molecule has 1 heterocycles. The maximum absolute atomic E-state index is 6.40. The number of hydrogen-bond donors (Lipinski definition) is 1. The minimum atomic E-state index is 0.00549. The van der Waals surface area contributed by atoms with E-state index in [2.05, 4.69) is 12.0 Å². The van der Waals surface area contributed by atoms with Gasteiger partial charge in [0.15, 0.2) is 5.75 Å². The summed E-state index contributed by atoms with van der Waals surface area (Å²) < 4.78 is 7.42. The summed E-state index contributed by atoms with van der Waals surface area (Å²) in [5.74, 6) is 1.78. The van der Waals surface area contributed by atoms with Gasteiger partial charge in [-0.05, 0) is 19.3 Å². The molecule has 1 aliphatic rings. The molecule has 0 amide bonds. The van der Waals surface area contributed by atoms with Crippen molar-refractivity contribution in [1.29, 1.82) is 0 Å². The molecule has 0 bridgehead atoms. The van der Waals surface area contributed by atoms with E-state index >= 15 is 0 Å². The quantitative estimate of drug-likeness (QED) is 0.838. The highest BCUT2D eigenvalue weighted by Gasteiger charge is 2.21. The lowest BCUT2D eigenvalue weighted by Crippen LogP contribution is -2.21. The molecule has 114 valence electrons. The van der Waals surface area contributed by atoms with Crippen LogP contribution in [0, 0.1) is 0 Å². The fourth-order valence-electron chi connectivity index (χ4n) is 2.85. The Hall–Kier alpha value is -0.680. The monoisotopic (exact) mass is 297 g/mol. The average Bonchev–Trinajstić information content (AvgIpc) is 2.89. The number of methoxy groups -OCH3 is 1. The van der Waals surface area contributed by atoms with E-state index in [0.29, 0.717) is 0 Å². The first-order valence-electron chi connectivity index (χ1n) is 7.73. The first-order chi connectivity index (χ1) is 9.76. The van der Waals surface area contributed by atoms with Crippen molar-refractivity contribution in [1.82, 2.24) is 9.78 Å². The molecule has 0 aliphatic heterocycles. The predicted octanol–water partition coefficient (Wildman–Crippen LogP) is 3.37. The average molecular weight is 297 g/mol. The summed E-state index contributed by atoms with van der Waals surface area (Å²) in [4.78, 5) is 0. The molecule has 1 aliphatic carbocycles. The van der Waals surface area contributed by atoms with Gasteiger partial charge >= 0.3 is 0 Å². The fraction of sp³-hybridized carbons (Fsp3) is 0.800. The van der Waals surface area contributed by atoms with Crippen molar-refractivity contribution < 1.29 is 4.74 Å². The molecular weight excluding hydrogens is 270 g/mol. The van der Waals surface area contributed by atoms with Crippen molar-refractivity contribution >= 4 is 11.8 Å². The van der Waals surface area contributed by atoms with Crippen LogP contribution in [0.1, 0.15) is 57.2 Å². The Labute approximate surface area is 126 Å². The third kappa shape index (κ3) is 3.92. The summed E-state index contributed by atoms with van der Waals surface area (Å²) in [5, 5.41) is 5.19. The fourth-order valence-corrected chi connectivity index (χ4v) is 4.15. The standard InChI is InChI=1S/C15H27N3OS/c1-3-9-18-15(14(19-2)10-17-18)13(16)11-20-12-7-5-4-6-8-12/h10,12-13H,3-9,11,16H2,1-2H3. The molecule has 0 aromatic carbocycles. The second-order valence-electron chi connectivity index (χ2n) is 5.52. The first kappa shape index (κ1) is 15.7. The molecule has 1 aromatic rings. The van der Waals surface area contributed by atoms with Crippen molar-refractivity contribution in [3.8, 4) is 5.75 Å². The van der Waals surface area contributed by atoms with Crippen LogP contribution >= 0.6 is 11.8 Å². The SMILES string of the molecule is CCCn1ncc(OC)c1C(N)CSC1CCCCC1. The molecule has 5 heteroatoms. The van der Waals surface area contributed by atoms with Crippen molar-refractivity contribution in [3.05, 3.63) is 11.9 Å². The maximum Gasteiger partial charge on any atom is 0.161 e. The topological polar surface area (TPSA) is 53.1 Å². The molecule has 20 heavy (non-hydrogen) atoms. The minimum Gasteiger partial charge on any atom is -0.493 e. The van der Waals surface area contributed by atoms with E-state index in [1.54, 1.807) is 13.3 Å². The molecule has 4 nitrogen and oxygen atoms in total. The van der Waals surface area contributed by atoms with Crippen molar-refractivity contribution in [3.63, 3.8) is 0 Å². The largest absolute Gasteiger partial charge is 0.493 e. The van der Waals surface area contributed by atoms with Crippen LogP contribution in [0.5, 0.6) is 5.75 Å². The van der Waals surface area contributed by atoms with E-state index in [-0.39, 0.29) is 6.04 Å². The van der Waals surface area contributed by atoms with Crippen LogP contribution in [-0.4, -0.2) is 27.9 Å². The van der Waals surface area contributed by atoms with Gasteiger partial charge in [0.25, 0.3) is 0 Å². The zero-order valence-corrected chi connectivity index (χ0v) is 13.5. The number of thioether (sulfide) groups is 1. The van der Waals surface area contributed by atoms with E-state index in [9.17, 15) is 0 Å². The molecule has 1 unspecified atom stereocenters. The zero-order valence-electron chi connectivity index (χ0n) is 12.7. The Balaban J connectivity index is 1.96. The van der Waals surface area contributed by atoms with Crippen LogP contribution in [0.3, 0.4) is 0 Å². The van der Waals surface area contributed by atoms with Gasteiger partial charge in [-0.3, -0.25) is 4.68 Å². The maximum atomic E-state index is 6.40. The number of nitrogens with zero attached hydrogens (tertiary/aromatic N) is 2. The predicted molar refractivity (Wildman–Crippen MR) is 85.3 cm³/mol. The Morgan fingerprint density at radius 1 is 1.45 bits per heavy atom. The number of ether oxygens (including phenoxy) is 1. The van der Waals surface area contributed by atoms with Crippen molar-refractivity contribution in [2.24, 2.45) is 5.73 Å². The number of aromatic nitrogens is 2. The second kappa shape index (κ2) is 7.93. The third-order valence-electron chi connectivity index (χ3n) is 3.92. The lowest BCUT2D eigenvalue weighted by atomic mass is 10.0. The number of aryl methyl sites for hydroxylation is 1. The Morgan fingerprint density at radius 3 is 2.85 bits per heavy atom. The molecule has 0 spiro atoms. The summed E-state index contributed by atoms with van der Waals surface area (Å²) in [6, 6.07) is 0.00549. The van der Waals surface area contributed by atoms with Crippen LogP contribution in [0.15, 0.2) is 6.20 Å². The second-order valence-corrected chi connectivity index (χ2v) is 6.85. The normalized spacial score (nSPS) is 18.1. The number of hydrogen-bond acceptors (Lipinski definition) is 4. The highest BCUT2D eigenvalue weighted by Crippen LogP contribution is 2.32. The third-order valence-corrected chi connectivity index (χ3v) is 5.41. The smallest absolute Gasteiger partial charge is 0.161 e. The first-order valence-corrected chi connectivity index (χ1v) is 8.78. The van der Waals surface area contributed by atoms with Crippen LogP contribution < -0.4 is 10.5 Å². The molecule has 2 rings (SSSR count). The molecule has 1 atom stereocenters. The molecule has 2 N–H and O–H groups in total. The highest BCUT2D eigenvalue weighted by atomic mass is 32.2. The van der Waals surface area contributed by atoms with Gasteiger partial charge in [0.2, 0.25) is 0 Å². The summed E-state index contributed by atoms with van der Waals surface area (Å²) in [7, 11) is 1.69. The van der Waals surface area contributed by atoms with Crippen LogP contribution in [0.2, 0.25) is 0 Å². The van der Waals surface area contributed by atoms with Gasteiger partial charge in [-0.2, -0.15) is 16.9 Å². The Kier molecular flexibility index (Phi) is 6.23. The van der Waals surface area contributed by atoms with Gasteiger partial charge in [0, 0.05) is 17.5 Å². The van der Waals surface area contributed by atoms with Crippen LogP contribution in [0.4, 0.5) is 0 Å². The molecule has 0 saturated heterocycles. The highest BCUT2D eigenvalue weighted by molar-refractivity contribution is 7.99. The Bertz CT molecular complexity index is 402. The summed E-state index contributed by atoms with van der Waals surface area (Å²) in [6.45, 7) is 3.06. The van der Waals surface area contributed by atoms with E-state index in [4.69, 9.17) is 10.5 Å².